The second-order valence-electron chi connectivity index (χ2n) is 8.08. The minimum Gasteiger partial charge on any atom is -0.386 e. The first-order chi connectivity index (χ1) is 13.4. The average Bonchev–Trinajstić information content (AvgIpc) is 2.71. The van der Waals surface area contributed by atoms with Crippen LogP contribution in [0.3, 0.4) is 0 Å². The first-order valence-corrected chi connectivity index (χ1v) is 9.77. The summed E-state index contributed by atoms with van der Waals surface area (Å²) >= 11 is 0. The molecule has 0 atom stereocenters. The molecule has 1 amide bonds. The predicted molar refractivity (Wildman–Crippen MR) is 114 cm³/mol. The number of anilines is 1. The molecule has 2 aromatic carbocycles. The molecule has 0 radical (unpaired) electrons. The molecular formula is C23H29N3O2. The molecule has 5 heteroatoms. The van der Waals surface area contributed by atoms with Gasteiger partial charge in [0, 0.05) is 31.9 Å². The van der Waals surface area contributed by atoms with Gasteiger partial charge in [0.25, 0.3) is 5.91 Å². The summed E-state index contributed by atoms with van der Waals surface area (Å²) in [5.41, 5.74) is 3.56. The monoisotopic (exact) mass is 379 g/mol. The summed E-state index contributed by atoms with van der Waals surface area (Å²) in [6, 6.07) is 18.5. The lowest BCUT2D eigenvalue weighted by atomic mass is 9.87. The van der Waals surface area contributed by atoms with Crippen LogP contribution in [-0.2, 0) is 15.0 Å². The van der Waals surface area contributed by atoms with Crippen molar-refractivity contribution in [1.82, 2.24) is 4.90 Å². The Morgan fingerprint density at radius 3 is 2.25 bits per heavy atom. The van der Waals surface area contributed by atoms with Crippen LogP contribution in [0.1, 0.15) is 31.9 Å². The third kappa shape index (κ3) is 5.35. The molecule has 3 rings (SSSR count). The van der Waals surface area contributed by atoms with Crippen LogP contribution in [0.2, 0.25) is 0 Å². The van der Waals surface area contributed by atoms with Gasteiger partial charge >= 0.3 is 0 Å². The highest BCUT2D eigenvalue weighted by Gasteiger charge is 2.21. The third-order valence-electron chi connectivity index (χ3n) is 4.99. The molecule has 1 fully saturated rings. The maximum absolute atomic E-state index is 12.3. The third-order valence-corrected chi connectivity index (χ3v) is 4.99. The number of hydrogen-bond acceptors (Lipinski definition) is 4. The number of carbonyl (C=O) groups excluding carboxylic acids is 1. The maximum atomic E-state index is 12.3. The molecule has 2 aromatic rings. The van der Waals surface area contributed by atoms with E-state index in [1.165, 1.54) is 11.3 Å². The highest BCUT2D eigenvalue weighted by Crippen LogP contribution is 2.21. The fraction of sp³-hybridized carbons (Fsp3) is 0.391. The molecule has 1 saturated heterocycles. The molecule has 28 heavy (non-hydrogen) atoms. The number of rotatable bonds is 5. The second-order valence-corrected chi connectivity index (χ2v) is 8.08. The Balaban J connectivity index is 1.42. The van der Waals surface area contributed by atoms with Crippen LogP contribution in [0, 0.1) is 0 Å². The lowest BCUT2D eigenvalue weighted by Gasteiger charge is -2.35. The summed E-state index contributed by atoms with van der Waals surface area (Å²) in [6.07, 6.45) is 1.65. The summed E-state index contributed by atoms with van der Waals surface area (Å²) in [5.74, 6) is -0.0204. The van der Waals surface area contributed by atoms with E-state index in [1.807, 2.05) is 35.2 Å². The Morgan fingerprint density at radius 2 is 1.64 bits per heavy atom. The molecule has 1 aliphatic heterocycles. The predicted octanol–water partition coefficient (Wildman–Crippen LogP) is 3.68. The van der Waals surface area contributed by atoms with Crippen LogP contribution < -0.4 is 4.90 Å². The minimum absolute atomic E-state index is 0.0204. The van der Waals surface area contributed by atoms with Gasteiger partial charge in [-0.15, -0.1) is 0 Å². The van der Waals surface area contributed by atoms with Gasteiger partial charge in [0.05, 0.1) is 6.21 Å². The Labute approximate surface area is 167 Å². The van der Waals surface area contributed by atoms with Gasteiger partial charge in [0.2, 0.25) is 0 Å². The van der Waals surface area contributed by atoms with Gasteiger partial charge in [-0.1, -0.05) is 68.4 Å². The average molecular weight is 380 g/mol. The van der Waals surface area contributed by atoms with Crippen molar-refractivity contribution in [2.75, 3.05) is 37.7 Å². The van der Waals surface area contributed by atoms with Crippen LogP contribution in [0.15, 0.2) is 59.8 Å². The van der Waals surface area contributed by atoms with Gasteiger partial charge in [-0.05, 0) is 28.7 Å². The summed E-state index contributed by atoms with van der Waals surface area (Å²) < 4.78 is 0. The number of piperazine rings is 1. The van der Waals surface area contributed by atoms with Crippen LogP contribution in [0.4, 0.5) is 5.69 Å². The zero-order valence-corrected chi connectivity index (χ0v) is 17.0. The Kier molecular flexibility index (Phi) is 6.34. The quantitative estimate of drug-likeness (QED) is 0.588. The second kappa shape index (κ2) is 8.91. The van der Waals surface area contributed by atoms with Crippen molar-refractivity contribution in [2.45, 2.75) is 26.2 Å². The van der Waals surface area contributed by atoms with E-state index >= 15 is 0 Å². The SMILES string of the molecule is CC(C)(C)c1ccc(C=NOCC(=O)N2CCN(c3ccccc3)CC2)cc1. The maximum Gasteiger partial charge on any atom is 0.263 e. The van der Waals surface area contributed by atoms with Crippen LogP contribution in [-0.4, -0.2) is 49.8 Å². The van der Waals surface area contributed by atoms with Gasteiger partial charge in [0.1, 0.15) is 0 Å². The van der Waals surface area contributed by atoms with E-state index in [0.29, 0.717) is 13.1 Å². The van der Waals surface area contributed by atoms with Crippen molar-refractivity contribution in [3.8, 4) is 0 Å². The van der Waals surface area contributed by atoms with E-state index in [0.717, 1.165) is 18.7 Å². The van der Waals surface area contributed by atoms with E-state index in [4.69, 9.17) is 4.84 Å². The van der Waals surface area contributed by atoms with Crippen molar-refractivity contribution < 1.29 is 9.63 Å². The number of oxime groups is 1. The van der Waals surface area contributed by atoms with Gasteiger partial charge in [0.15, 0.2) is 6.61 Å². The molecule has 0 N–H and O–H groups in total. The van der Waals surface area contributed by atoms with Crippen LogP contribution in [0.5, 0.6) is 0 Å². The zero-order chi connectivity index (χ0) is 20.0. The molecule has 0 aromatic heterocycles. The summed E-state index contributed by atoms with van der Waals surface area (Å²) in [4.78, 5) is 21.7. The molecule has 1 heterocycles. The Morgan fingerprint density at radius 1 is 1.00 bits per heavy atom. The van der Waals surface area contributed by atoms with E-state index in [1.54, 1.807) is 6.21 Å². The standard InChI is InChI=1S/C23H29N3O2/c1-23(2,3)20-11-9-19(10-12-20)17-24-28-18-22(27)26-15-13-25(14-16-26)21-7-5-4-6-8-21/h4-12,17H,13-16,18H2,1-3H3. The first-order valence-electron chi connectivity index (χ1n) is 9.77. The minimum atomic E-state index is -0.0259. The fourth-order valence-corrected chi connectivity index (χ4v) is 3.20. The molecule has 0 saturated carbocycles. The largest absolute Gasteiger partial charge is 0.386 e. The topological polar surface area (TPSA) is 45.1 Å². The number of benzene rings is 2. The van der Waals surface area contributed by atoms with E-state index < -0.39 is 0 Å². The lowest BCUT2D eigenvalue weighted by Crippen LogP contribution is -2.49. The van der Waals surface area contributed by atoms with E-state index in [9.17, 15) is 4.79 Å². The fourth-order valence-electron chi connectivity index (χ4n) is 3.20. The molecule has 0 bridgehead atoms. The highest BCUT2D eigenvalue weighted by molar-refractivity contribution is 5.80. The van der Waals surface area contributed by atoms with Gasteiger partial charge in [-0.25, -0.2) is 0 Å². The molecule has 0 spiro atoms. The summed E-state index contributed by atoms with van der Waals surface area (Å²) in [7, 11) is 0. The zero-order valence-electron chi connectivity index (χ0n) is 17.0. The molecular weight excluding hydrogens is 350 g/mol. The molecule has 5 nitrogen and oxygen atoms in total. The summed E-state index contributed by atoms with van der Waals surface area (Å²) in [5, 5.41) is 3.95. The smallest absolute Gasteiger partial charge is 0.263 e. The van der Waals surface area contributed by atoms with E-state index in [-0.39, 0.29) is 17.9 Å². The van der Waals surface area contributed by atoms with Crippen molar-refractivity contribution in [3.05, 3.63) is 65.7 Å². The molecule has 0 unspecified atom stereocenters. The molecule has 148 valence electrons. The van der Waals surface area contributed by atoms with Crippen molar-refractivity contribution in [2.24, 2.45) is 5.16 Å². The van der Waals surface area contributed by atoms with Crippen molar-refractivity contribution in [1.29, 1.82) is 0 Å². The number of amides is 1. The van der Waals surface area contributed by atoms with Crippen LogP contribution in [0.25, 0.3) is 0 Å². The van der Waals surface area contributed by atoms with Crippen LogP contribution >= 0.6 is 0 Å². The van der Waals surface area contributed by atoms with E-state index in [2.05, 4.69) is 55.1 Å². The number of para-hydroxylation sites is 1. The summed E-state index contributed by atoms with van der Waals surface area (Å²) in [6.45, 7) is 9.60. The highest BCUT2D eigenvalue weighted by atomic mass is 16.6. The van der Waals surface area contributed by atoms with Gasteiger partial charge in [-0.3, -0.25) is 4.79 Å². The number of nitrogens with zero attached hydrogens (tertiary/aromatic N) is 3. The van der Waals surface area contributed by atoms with Gasteiger partial charge in [-0.2, -0.15) is 0 Å². The van der Waals surface area contributed by atoms with Crippen molar-refractivity contribution in [3.63, 3.8) is 0 Å². The van der Waals surface area contributed by atoms with Gasteiger partial charge < -0.3 is 14.6 Å². The molecule has 1 aliphatic rings. The lowest BCUT2D eigenvalue weighted by molar-refractivity contribution is -0.136. The number of hydrogen-bond donors (Lipinski definition) is 0. The van der Waals surface area contributed by atoms with Crippen molar-refractivity contribution >= 4 is 17.8 Å². The first kappa shape index (κ1) is 19.9. The normalized spacial score (nSPS) is 15.1. The Hall–Kier alpha value is -2.82. The Bertz CT molecular complexity index is 787. The molecule has 0 aliphatic carbocycles. The number of carbonyl (C=O) groups is 1.